The molecule has 98 valence electrons. The van der Waals surface area contributed by atoms with Gasteiger partial charge in [-0.1, -0.05) is 6.92 Å². The van der Waals surface area contributed by atoms with Gasteiger partial charge in [-0.3, -0.25) is 14.5 Å². The van der Waals surface area contributed by atoms with Crippen molar-refractivity contribution in [3.63, 3.8) is 0 Å². The number of hydrogen-bond acceptors (Lipinski definition) is 3. The molecule has 5 heteroatoms. The Morgan fingerprint density at radius 2 is 2.06 bits per heavy atom. The Hall–Kier alpha value is -1.10. The van der Waals surface area contributed by atoms with Crippen LogP contribution in [-0.2, 0) is 9.59 Å². The number of likely N-dealkylation sites (tertiary alicyclic amines) is 1. The molecule has 1 heterocycles. The highest BCUT2D eigenvalue weighted by atomic mass is 16.4. The SMILES string of the molecule is CC1CCCN(C(C)C(=O)NC(C)C(=O)O)C1. The first kappa shape index (κ1) is 14.0. The molecule has 0 radical (unpaired) electrons. The molecule has 1 fully saturated rings. The lowest BCUT2D eigenvalue weighted by atomic mass is 9.99. The van der Waals surface area contributed by atoms with Gasteiger partial charge < -0.3 is 10.4 Å². The Balaban J connectivity index is 2.48. The fourth-order valence-electron chi connectivity index (χ4n) is 2.14. The number of nitrogens with zero attached hydrogens (tertiary/aromatic N) is 1. The number of carbonyl (C=O) groups is 2. The highest BCUT2D eigenvalue weighted by molar-refractivity contribution is 5.86. The van der Waals surface area contributed by atoms with Gasteiger partial charge in [0.15, 0.2) is 0 Å². The molecular formula is C12H22N2O3. The predicted molar refractivity (Wildman–Crippen MR) is 64.7 cm³/mol. The number of carboxylic acids is 1. The third-order valence-electron chi connectivity index (χ3n) is 3.34. The number of carbonyl (C=O) groups excluding carboxylic acids is 1. The average molecular weight is 242 g/mol. The number of piperidine rings is 1. The van der Waals surface area contributed by atoms with Crippen LogP contribution in [0.5, 0.6) is 0 Å². The minimum absolute atomic E-state index is 0.200. The summed E-state index contributed by atoms with van der Waals surface area (Å²) in [6, 6.07) is -1.08. The van der Waals surface area contributed by atoms with E-state index in [1.165, 1.54) is 13.3 Å². The summed E-state index contributed by atoms with van der Waals surface area (Å²) in [6.45, 7) is 7.32. The molecule has 1 aliphatic rings. The fraction of sp³-hybridized carbons (Fsp3) is 0.833. The molecule has 1 rings (SSSR count). The van der Waals surface area contributed by atoms with E-state index in [1.54, 1.807) is 0 Å². The lowest BCUT2D eigenvalue weighted by molar-refractivity contribution is -0.142. The van der Waals surface area contributed by atoms with Crippen LogP contribution in [0, 0.1) is 5.92 Å². The monoisotopic (exact) mass is 242 g/mol. The van der Waals surface area contributed by atoms with E-state index in [1.807, 2.05) is 6.92 Å². The molecule has 0 bridgehead atoms. The Labute approximate surface area is 102 Å². The number of carboxylic acid groups (broad SMARTS) is 1. The first-order valence-electron chi connectivity index (χ1n) is 6.19. The zero-order valence-electron chi connectivity index (χ0n) is 10.8. The number of aliphatic carboxylic acids is 1. The average Bonchev–Trinajstić information content (AvgIpc) is 2.27. The van der Waals surface area contributed by atoms with Gasteiger partial charge in [0.2, 0.25) is 5.91 Å². The quantitative estimate of drug-likeness (QED) is 0.761. The van der Waals surface area contributed by atoms with Gasteiger partial charge in [0, 0.05) is 6.54 Å². The number of hydrogen-bond donors (Lipinski definition) is 2. The Morgan fingerprint density at radius 1 is 1.41 bits per heavy atom. The molecular weight excluding hydrogens is 220 g/mol. The molecule has 1 saturated heterocycles. The third kappa shape index (κ3) is 4.00. The molecule has 1 amide bonds. The van der Waals surface area contributed by atoms with Gasteiger partial charge in [-0.25, -0.2) is 0 Å². The van der Waals surface area contributed by atoms with E-state index in [0.717, 1.165) is 19.5 Å². The summed E-state index contributed by atoms with van der Waals surface area (Å²) in [7, 11) is 0. The van der Waals surface area contributed by atoms with Gasteiger partial charge in [0.1, 0.15) is 6.04 Å². The van der Waals surface area contributed by atoms with Crippen molar-refractivity contribution in [3.05, 3.63) is 0 Å². The Bertz CT molecular complexity index is 293. The maximum atomic E-state index is 11.8. The molecule has 0 spiro atoms. The molecule has 0 aromatic carbocycles. The van der Waals surface area contributed by atoms with E-state index in [2.05, 4.69) is 17.1 Å². The summed E-state index contributed by atoms with van der Waals surface area (Å²) >= 11 is 0. The van der Waals surface area contributed by atoms with Gasteiger partial charge in [-0.2, -0.15) is 0 Å². The van der Waals surface area contributed by atoms with Crippen LogP contribution in [0.3, 0.4) is 0 Å². The van der Waals surface area contributed by atoms with Crippen LogP contribution < -0.4 is 5.32 Å². The second-order valence-electron chi connectivity index (χ2n) is 4.99. The van der Waals surface area contributed by atoms with E-state index in [0.29, 0.717) is 5.92 Å². The first-order valence-corrected chi connectivity index (χ1v) is 6.19. The van der Waals surface area contributed by atoms with Crippen molar-refractivity contribution in [3.8, 4) is 0 Å². The molecule has 0 saturated carbocycles. The molecule has 0 aromatic heterocycles. The molecule has 0 aliphatic carbocycles. The van der Waals surface area contributed by atoms with Crippen LogP contribution in [0.15, 0.2) is 0 Å². The normalized spacial score (nSPS) is 25.0. The van der Waals surface area contributed by atoms with Crippen LogP contribution >= 0.6 is 0 Å². The lowest BCUT2D eigenvalue weighted by Gasteiger charge is -2.34. The van der Waals surface area contributed by atoms with Crippen molar-refractivity contribution in [2.45, 2.75) is 45.7 Å². The molecule has 3 atom stereocenters. The summed E-state index contributed by atoms with van der Waals surface area (Å²) in [5.74, 6) is -0.595. The van der Waals surface area contributed by atoms with Gasteiger partial charge in [-0.05, 0) is 39.2 Å². The van der Waals surface area contributed by atoms with Crippen LogP contribution in [-0.4, -0.2) is 47.1 Å². The standard InChI is InChI=1S/C12H22N2O3/c1-8-5-4-6-14(7-8)10(3)11(15)13-9(2)12(16)17/h8-10H,4-7H2,1-3H3,(H,13,15)(H,16,17). The van der Waals surface area contributed by atoms with Crippen LogP contribution in [0.1, 0.15) is 33.6 Å². The molecule has 5 nitrogen and oxygen atoms in total. The largest absolute Gasteiger partial charge is 0.480 e. The number of nitrogens with one attached hydrogen (secondary N) is 1. The van der Waals surface area contributed by atoms with Gasteiger partial charge in [-0.15, -0.1) is 0 Å². The second-order valence-corrected chi connectivity index (χ2v) is 4.99. The first-order chi connectivity index (χ1) is 7.91. The Morgan fingerprint density at radius 3 is 2.59 bits per heavy atom. The van der Waals surface area contributed by atoms with E-state index in [9.17, 15) is 9.59 Å². The summed E-state index contributed by atoms with van der Waals surface area (Å²) in [5.41, 5.74) is 0. The summed E-state index contributed by atoms with van der Waals surface area (Å²) in [5, 5.41) is 11.2. The maximum absolute atomic E-state index is 11.8. The van der Waals surface area contributed by atoms with Crippen molar-refractivity contribution >= 4 is 11.9 Å². The second kappa shape index (κ2) is 6.00. The van der Waals surface area contributed by atoms with E-state index >= 15 is 0 Å². The third-order valence-corrected chi connectivity index (χ3v) is 3.34. The highest BCUT2D eigenvalue weighted by Gasteiger charge is 2.27. The topological polar surface area (TPSA) is 69.6 Å². The summed E-state index contributed by atoms with van der Waals surface area (Å²) < 4.78 is 0. The van der Waals surface area contributed by atoms with Crippen LogP contribution in [0.25, 0.3) is 0 Å². The lowest BCUT2D eigenvalue weighted by Crippen LogP contribution is -2.51. The van der Waals surface area contributed by atoms with Gasteiger partial charge in [0.25, 0.3) is 0 Å². The smallest absolute Gasteiger partial charge is 0.325 e. The maximum Gasteiger partial charge on any atom is 0.325 e. The molecule has 1 aliphatic heterocycles. The molecule has 0 aromatic rings. The van der Waals surface area contributed by atoms with Crippen molar-refractivity contribution in [2.75, 3.05) is 13.1 Å². The summed E-state index contributed by atoms with van der Waals surface area (Å²) in [6.07, 6.45) is 2.31. The molecule has 2 N–H and O–H groups in total. The fourth-order valence-corrected chi connectivity index (χ4v) is 2.14. The number of rotatable bonds is 4. The highest BCUT2D eigenvalue weighted by Crippen LogP contribution is 2.17. The molecule has 3 unspecified atom stereocenters. The van der Waals surface area contributed by atoms with Crippen molar-refractivity contribution in [2.24, 2.45) is 5.92 Å². The predicted octanol–water partition coefficient (Wildman–Crippen LogP) is 0.696. The zero-order chi connectivity index (χ0) is 13.0. The van der Waals surface area contributed by atoms with Gasteiger partial charge >= 0.3 is 5.97 Å². The van der Waals surface area contributed by atoms with E-state index in [-0.39, 0.29) is 11.9 Å². The van der Waals surface area contributed by atoms with E-state index in [4.69, 9.17) is 5.11 Å². The number of amides is 1. The van der Waals surface area contributed by atoms with Crippen molar-refractivity contribution < 1.29 is 14.7 Å². The Kier molecular flexibility index (Phi) is 4.93. The summed E-state index contributed by atoms with van der Waals surface area (Å²) in [4.78, 5) is 24.6. The minimum Gasteiger partial charge on any atom is -0.480 e. The van der Waals surface area contributed by atoms with Crippen molar-refractivity contribution in [1.82, 2.24) is 10.2 Å². The van der Waals surface area contributed by atoms with Crippen molar-refractivity contribution in [1.29, 1.82) is 0 Å². The van der Waals surface area contributed by atoms with Crippen LogP contribution in [0.4, 0.5) is 0 Å². The van der Waals surface area contributed by atoms with E-state index < -0.39 is 12.0 Å². The molecule has 17 heavy (non-hydrogen) atoms. The van der Waals surface area contributed by atoms with Gasteiger partial charge in [0.05, 0.1) is 6.04 Å². The zero-order valence-corrected chi connectivity index (χ0v) is 10.8. The van der Waals surface area contributed by atoms with Crippen LogP contribution in [0.2, 0.25) is 0 Å². The minimum atomic E-state index is -1.00.